The zero-order valence-electron chi connectivity index (χ0n) is 11.1. The second kappa shape index (κ2) is 8.04. The molecule has 0 aromatic heterocycles. The number of ether oxygens (including phenoxy) is 2. The number of hydrogen-bond acceptors (Lipinski definition) is 6. The van der Waals surface area contributed by atoms with Crippen LogP contribution in [0.4, 0.5) is 0 Å². The van der Waals surface area contributed by atoms with Gasteiger partial charge in [-0.25, -0.2) is 9.59 Å². The first-order valence-electron chi connectivity index (χ1n) is 6.31. The molecule has 0 bridgehead atoms. The molecule has 1 heterocycles. The predicted molar refractivity (Wildman–Crippen MR) is 70.6 cm³/mol. The second-order valence-electron chi connectivity index (χ2n) is 4.01. The fourth-order valence-corrected chi connectivity index (χ4v) is 2.89. The largest absolute Gasteiger partial charge is 0.464 e. The number of esters is 2. The number of amides is 1. The van der Waals surface area contributed by atoms with E-state index in [2.05, 4.69) is 5.32 Å². The van der Waals surface area contributed by atoms with Crippen LogP contribution in [0.2, 0.25) is 0 Å². The summed E-state index contributed by atoms with van der Waals surface area (Å²) < 4.78 is 9.55. The van der Waals surface area contributed by atoms with Gasteiger partial charge >= 0.3 is 11.9 Å². The van der Waals surface area contributed by atoms with Crippen LogP contribution in [0.25, 0.3) is 0 Å². The third kappa shape index (κ3) is 4.74. The van der Waals surface area contributed by atoms with Gasteiger partial charge in [-0.2, -0.15) is 11.8 Å². The second-order valence-corrected chi connectivity index (χ2v) is 5.16. The average Bonchev–Trinajstić information content (AvgIpc) is 2.90. The number of nitrogens with one attached hydrogen (secondary N) is 1. The molecule has 0 aliphatic carbocycles. The van der Waals surface area contributed by atoms with Crippen molar-refractivity contribution in [2.24, 2.45) is 5.92 Å². The third-order valence-electron chi connectivity index (χ3n) is 2.63. The normalized spacial score (nSPS) is 18.2. The minimum Gasteiger partial charge on any atom is -0.464 e. The van der Waals surface area contributed by atoms with Crippen molar-refractivity contribution in [1.29, 1.82) is 0 Å². The number of rotatable bonds is 6. The van der Waals surface area contributed by atoms with Crippen LogP contribution in [-0.2, 0) is 23.9 Å². The minimum atomic E-state index is -1.36. The summed E-state index contributed by atoms with van der Waals surface area (Å²) in [5.74, 6) is -0.376. The number of carbonyl (C=O) groups is 3. The standard InChI is InChI=1S/C12H19NO5S/c1-3-17-11(15)9(12(16)18-4-2)13-10(14)8-5-6-19-7-8/h8-9H,3-7H2,1-2H3,(H,13,14). The van der Waals surface area contributed by atoms with E-state index in [4.69, 9.17) is 9.47 Å². The molecule has 0 saturated carbocycles. The summed E-state index contributed by atoms with van der Waals surface area (Å²) in [6.07, 6.45) is 0.759. The van der Waals surface area contributed by atoms with Crippen molar-refractivity contribution in [2.45, 2.75) is 26.3 Å². The van der Waals surface area contributed by atoms with Crippen molar-refractivity contribution in [1.82, 2.24) is 5.32 Å². The maximum atomic E-state index is 11.9. The van der Waals surface area contributed by atoms with Gasteiger partial charge in [-0.15, -0.1) is 0 Å². The number of carbonyl (C=O) groups excluding carboxylic acids is 3. The Kier molecular flexibility index (Phi) is 6.69. The van der Waals surface area contributed by atoms with E-state index >= 15 is 0 Å². The lowest BCUT2D eigenvalue weighted by Crippen LogP contribution is -2.50. The topological polar surface area (TPSA) is 81.7 Å². The maximum Gasteiger partial charge on any atom is 0.340 e. The summed E-state index contributed by atoms with van der Waals surface area (Å²) >= 11 is 1.68. The van der Waals surface area contributed by atoms with Crippen LogP contribution in [0, 0.1) is 5.92 Å². The monoisotopic (exact) mass is 289 g/mol. The Balaban J connectivity index is 2.64. The van der Waals surface area contributed by atoms with Crippen LogP contribution in [0.15, 0.2) is 0 Å². The molecule has 0 spiro atoms. The molecule has 0 aromatic rings. The third-order valence-corrected chi connectivity index (χ3v) is 3.79. The Morgan fingerprint density at radius 3 is 2.21 bits per heavy atom. The summed E-state index contributed by atoms with van der Waals surface area (Å²) in [6, 6.07) is -1.36. The Hall–Kier alpha value is -1.24. The summed E-state index contributed by atoms with van der Waals surface area (Å²) in [5.41, 5.74) is 0. The highest BCUT2D eigenvalue weighted by atomic mass is 32.2. The van der Waals surface area contributed by atoms with Gasteiger partial charge in [0.2, 0.25) is 11.9 Å². The summed E-state index contributed by atoms with van der Waals surface area (Å²) in [7, 11) is 0. The van der Waals surface area contributed by atoms with Crippen molar-refractivity contribution in [3.8, 4) is 0 Å². The Morgan fingerprint density at radius 2 is 1.79 bits per heavy atom. The van der Waals surface area contributed by atoms with Crippen LogP contribution >= 0.6 is 11.8 Å². The van der Waals surface area contributed by atoms with Crippen molar-refractivity contribution < 1.29 is 23.9 Å². The van der Waals surface area contributed by atoms with Gasteiger partial charge in [-0.1, -0.05) is 0 Å². The van der Waals surface area contributed by atoms with Gasteiger partial charge in [-0.3, -0.25) is 4.79 Å². The molecule has 1 fully saturated rings. The molecule has 1 unspecified atom stereocenters. The highest BCUT2D eigenvalue weighted by molar-refractivity contribution is 7.99. The van der Waals surface area contributed by atoms with Gasteiger partial charge in [0, 0.05) is 11.7 Å². The van der Waals surface area contributed by atoms with Crippen LogP contribution < -0.4 is 5.32 Å². The van der Waals surface area contributed by atoms with Crippen molar-refractivity contribution in [3.63, 3.8) is 0 Å². The maximum absolute atomic E-state index is 11.9. The Morgan fingerprint density at radius 1 is 1.21 bits per heavy atom. The van der Waals surface area contributed by atoms with Crippen LogP contribution in [0.3, 0.4) is 0 Å². The smallest absolute Gasteiger partial charge is 0.340 e. The van der Waals surface area contributed by atoms with Crippen LogP contribution in [0.5, 0.6) is 0 Å². The van der Waals surface area contributed by atoms with Gasteiger partial charge in [-0.05, 0) is 26.0 Å². The molecule has 6 nitrogen and oxygen atoms in total. The van der Waals surface area contributed by atoms with E-state index in [0.717, 1.165) is 12.2 Å². The molecular formula is C12H19NO5S. The van der Waals surface area contributed by atoms with E-state index < -0.39 is 18.0 Å². The molecular weight excluding hydrogens is 270 g/mol. The van der Waals surface area contributed by atoms with Gasteiger partial charge in [0.1, 0.15) is 0 Å². The SMILES string of the molecule is CCOC(=O)C(NC(=O)C1CCSC1)C(=O)OCC. The lowest BCUT2D eigenvalue weighted by Gasteiger charge is -2.17. The van der Waals surface area contributed by atoms with Crippen LogP contribution in [0.1, 0.15) is 20.3 Å². The minimum absolute atomic E-state index is 0.143. The average molecular weight is 289 g/mol. The van der Waals surface area contributed by atoms with E-state index in [-0.39, 0.29) is 25.0 Å². The van der Waals surface area contributed by atoms with Crippen molar-refractivity contribution >= 4 is 29.6 Å². The molecule has 1 rings (SSSR count). The first-order chi connectivity index (χ1) is 9.10. The van der Waals surface area contributed by atoms with Crippen molar-refractivity contribution in [2.75, 3.05) is 24.7 Å². The van der Waals surface area contributed by atoms with Gasteiger partial charge in [0.05, 0.1) is 13.2 Å². The van der Waals surface area contributed by atoms with E-state index in [9.17, 15) is 14.4 Å². The lowest BCUT2D eigenvalue weighted by atomic mass is 10.1. The molecule has 1 amide bonds. The Labute approximate surface area is 116 Å². The molecule has 19 heavy (non-hydrogen) atoms. The first kappa shape index (κ1) is 15.8. The molecule has 1 aliphatic heterocycles. The molecule has 1 atom stereocenters. The number of thioether (sulfide) groups is 1. The summed E-state index contributed by atoms with van der Waals surface area (Å²) in [6.45, 7) is 3.55. The lowest BCUT2D eigenvalue weighted by molar-refractivity contribution is -0.159. The Bertz CT molecular complexity index is 323. The van der Waals surface area contributed by atoms with Crippen LogP contribution in [-0.4, -0.2) is 48.6 Å². The molecule has 0 radical (unpaired) electrons. The van der Waals surface area contributed by atoms with E-state index in [1.54, 1.807) is 25.6 Å². The molecule has 108 valence electrons. The molecule has 7 heteroatoms. The highest BCUT2D eigenvalue weighted by Crippen LogP contribution is 2.23. The van der Waals surface area contributed by atoms with E-state index in [1.807, 2.05) is 0 Å². The molecule has 0 aromatic carbocycles. The molecule has 1 N–H and O–H groups in total. The van der Waals surface area contributed by atoms with Gasteiger partial charge < -0.3 is 14.8 Å². The fraction of sp³-hybridized carbons (Fsp3) is 0.750. The zero-order chi connectivity index (χ0) is 14.3. The van der Waals surface area contributed by atoms with Crippen molar-refractivity contribution in [3.05, 3.63) is 0 Å². The molecule has 1 saturated heterocycles. The van der Waals surface area contributed by atoms with Gasteiger partial charge in [0.25, 0.3) is 0 Å². The fourth-order valence-electron chi connectivity index (χ4n) is 1.67. The summed E-state index contributed by atoms with van der Waals surface area (Å²) in [4.78, 5) is 35.3. The zero-order valence-corrected chi connectivity index (χ0v) is 12.0. The summed E-state index contributed by atoms with van der Waals surface area (Å²) in [5, 5.41) is 2.43. The number of hydrogen-bond donors (Lipinski definition) is 1. The molecule has 1 aliphatic rings. The van der Waals surface area contributed by atoms with E-state index in [0.29, 0.717) is 5.75 Å². The first-order valence-corrected chi connectivity index (χ1v) is 7.47. The van der Waals surface area contributed by atoms with Gasteiger partial charge in [0.15, 0.2) is 0 Å². The quantitative estimate of drug-likeness (QED) is 0.561. The predicted octanol–water partition coefficient (Wildman–Crippen LogP) is 0.350. The van der Waals surface area contributed by atoms with E-state index in [1.165, 1.54) is 0 Å². The highest BCUT2D eigenvalue weighted by Gasteiger charge is 2.34.